The van der Waals surface area contributed by atoms with Gasteiger partial charge in [-0.15, -0.1) is 0 Å². The quantitative estimate of drug-likeness (QED) is 0.184. The Morgan fingerprint density at radius 3 is 2.29 bits per heavy atom. The Morgan fingerprint density at radius 2 is 1.59 bits per heavy atom. The molecule has 0 aliphatic rings. The van der Waals surface area contributed by atoms with Crippen LogP contribution < -0.4 is 4.74 Å². The number of hydrogen-bond donors (Lipinski definition) is 0. The molecule has 1 heterocycles. The summed E-state index contributed by atoms with van der Waals surface area (Å²) in [5, 5.41) is 4.58. The molecule has 0 N–H and O–H groups in total. The Bertz CT molecular complexity index is 1740. The average Bonchev–Trinajstić information content (AvgIpc) is 3.26. The van der Waals surface area contributed by atoms with Crippen LogP contribution in [-0.4, -0.2) is 9.78 Å². The lowest BCUT2D eigenvalue weighted by Crippen LogP contribution is -2.08. The van der Waals surface area contributed by atoms with E-state index in [0.717, 1.165) is 24.3 Å². The summed E-state index contributed by atoms with van der Waals surface area (Å²) >= 11 is 5.86. The molecule has 11 heteroatoms. The highest BCUT2D eigenvalue weighted by molar-refractivity contribution is 6.30. The molecule has 212 valence electrons. The SMILES string of the molecule is Cc1ccc(C(F)(F)F)cc1COc1cccc(-c2c3cccc(C(F)(F)F)c3nn2Cc2ccc(Cl)cc2F)c1. The lowest BCUT2D eigenvalue weighted by molar-refractivity contribution is -0.138. The summed E-state index contributed by atoms with van der Waals surface area (Å²) in [6, 6.07) is 17.4. The summed E-state index contributed by atoms with van der Waals surface area (Å²) in [4.78, 5) is 0. The molecule has 0 saturated carbocycles. The van der Waals surface area contributed by atoms with Crippen LogP contribution in [0.25, 0.3) is 22.2 Å². The fourth-order valence-corrected chi connectivity index (χ4v) is 4.67. The van der Waals surface area contributed by atoms with Crippen LogP contribution >= 0.6 is 11.6 Å². The number of hydrogen-bond acceptors (Lipinski definition) is 2. The molecule has 0 unspecified atom stereocenters. The summed E-state index contributed by atoms with van der Waals surface area (Å²) in [5.41, 5.74) is -0.281. The molecule has 5 aromatic rings. The second kappa shape index (κ2) is 10.7. The van der Waals surface area contributed by atoms with Gasteiger partial charge in [-0.3, -0.25) is 4.68 Å². The summed E-state index contributed by atoms with van der Waals surface area (Å²) in [5.74, 6) is -0.377. The predicted molar refractivity (Wildman–Crippen MR) is 141 cm³/mol. The van der Waals surface area contributed by atoms with Crippen molar-refractivity contribution in [1.29, 1.82) is 0 Å². The molecule has 0 amide bonds. The number of nitrogens with zero attached hydrogens (tertiary/aromatic N) is 2. The van der Waals surface area contributed by atoms with Gasteiger partial charge in [0.05, 0.1) is 23.4 Å². The van der Waals surface area contributed by atoms with Crippen molar-refractivity contribution in [3.8, 4) is 17.0 Å². The topological polar surface area (TPSA) is 27.1 Å². The van der Waals surface area contributed by atoms with Crippen molar-refractivity contribution < 1.29 is 35.5 Å². The minimum atomic E-state index is -4.69. The van der Waals surface area contributed by atoms with Gasteiger partial charge in [-0.1, -0.05) is 48.0 Å². The maximum absolute atomic E-state index is 14.7. The van der Waals surface area contributed by atoms with Gasteiger partial charge < -0.3 is 4.74 Å². The van der Waals surface area contributed by atoms with Gasteiger partial charge >= 0.3 is 12.4 Å². The van der Waals surface area contributed by atoms with Crippen LogP contribution in [0.5, 0.6) is 5.75 Å². The van der Waals surface area contributed by atoms with E-state index in [2.05, 4.69) is 5.10 Å². The second-order valence-electron chi connectivity index (χ2n) is 9.40. The molecule has 0 radical (unpaired) electrons. The molecule has 0 fully saturated rings. The van der Waals surface area contributed by atoms with E-state index < -0.39 is 29.3 Å². The standard InChI is InChI=1S/C30H20ClF7N2O/c1-17-8-10-21(29(33,34)35)12-20(17)16-41-23-5-2-4-18(13-23)28-24-6-3-7-25(30(36,37)38)27(24)39-40(28)15-19-9-11-22(31)14-26(19)32/h2-14H,15-16H2,1H3. The minimum Gasteiger partial charge on any atom is -0.489 e. The largest absolute Gasteiger partial charge is 0.489 e. The monoisotopic (exact) mass is 592 g/mol. The molecule has 3 nitrogen and oxygen atoms in total. The van der Waals surface area contributed by atoms with Crippen LogP contribution in [0.1, 0.15) is 27.8 Å². The molecule has 5 rings (SSSR count). The highest BCUT2D eigenvalue weighted by Gasteiger charge is 2.35. The third-order valence-electron chi connectivity index (χ3n) is 6.59. The van der Waals surface area contributed by atoms with E-state index in [1.54, 1.807) is 31.2 Å². The molecule has 0 spiro atoms. The molecule has 0 saturated heterocycles. The van der Waals surface area contributed by atoms with Crippen LogP contribution in [0, 0.1) is 12.7 Å². The van der Waals surface area contributed by atoms with Gasteiger partial charge in [0.1, 0.15) is 23.7 Å². The first-order chi connectivity index (χ1) is 19.3. The van der Waals surface area contributed by atoms with E-state index in [0.29, 0.717) is 16.7 Å². The van der Waals surface area contributed by atoms with E-state index in [-0.39, 0.29) is 46.1 Å². The van der Waals surface area contributed by atoms with E-state index >= 15 is 0 Å². The van der Waals surface area contributed by atoms with Gasteiger partial charge in [0, 0.05) is 21.5 Å². The average molecular weight is 593 g/mol. The van der Waals surface area contributed by atoms with Gasteiger partial charge in [-0.2, -0.15) is 31.4 Å². The third kappa shape index (κ3) is 6.02. The van der Waals surface area contributed by atoms with Gasteiger partial charge in [0.25, 0.3) is 0 Å². The zero-order valence-corrected chi connectivity index (χ0v) is 22.0. The zero-order chi connectivity index (χ0) is 29.5. The Labute approximate surface area is 234 Å². The highest BCUT2D eigenvalue weighted by atomic mass is 35.5. The summed E-state index contributed by atoms with van der Waals surface area (Å²) < 4.78 is 103. The van der Waals surface area contributed by atoms with Gasteiger partial charge in [-0.05, 0) is 60.5 Å². The smallest absolute Gasteiger partial charge is 0.418 e. The number of fused-ring (bicyclic) bond motifs is 1. The Kier molecular flexibility index (Phi) is 7.46. The van der Waals surface area contributed by atoms with Gasteiger partial charge in [0.2, 0.25) is 0 Å². The molecule has 0 bridgehead atoms. The lowest BCUT2D eigenvalue weighted by Gasteiger charge is -2.14. The Hall–Kier alpha value is -4.05. The van der Waals surface area contributed by atoms with Gasteiger partial charge in [0.15, 0.2) is 0 Å². The normalized spacial score (nSPS) is 12.2. The number of rotatable bonds is 6. The number of alkyl halides is 6. The maximum atomic E-state index is 14.7. The number of aromatic nitrogens is 2. The first-order valence-corrected chi connectivity index (χ1v) is 12.6. The van der Waals surface area contributed by atoms with Crippen LogP contribution in [0.3, 0.4) is 0 Å². The number of aryl methyl sites for hydroxylation is 1. The second-order valence-corrected chi connectivity index (χ2v) is 9.83. The molecule has 41 heavy (non-hydrogen) atoms. The van der Waals surface area contributed by atoms with Crippen molar-refractivity contribution in [2.45, 2.75) is 32.4 Å². The first kappa shape index (κ1) is 28.5. The summed E-state index contributed by atoms with van der Waals surface area (Å²) in [6.07, 6.45) is -9.20. The fourth-order valence-electron chi connectivity index (χ4n) is 4.51. The third-order valence-corrected chi connectivity index (χ3v) is 6.82. The number of ether oxygens (including phenoxy) is 1. The highest BCUT2D eigenvalue weighted by Crippen LogP contribution is 2.39. The molecule has 0 atom stereocenters. The van der Waals surface area contributed by atoms with Crippen LogP contribution in [0.4, 0.5) is 30.7 Å². The van der Waals surface area contributed by atoms with E-state index in [4.69, 9.17) is 16.3 Å². The van der Waals surface area contributed by atoms with Crippen molar-refractivity contribution in [2.24, 2.45) is 0 Å². The first-order valence-electron chi connectivity index (χ1n) is 12.2. The molecular formula is C30H20ClF7N2O. The van der Waals surface area contributed by atoms with Crippen LogP contribution in [0.15, 0.2) is 78.9 Å². The molecule has 0 aliphatic carbocycles. The zero-order valence-electron chi connectivity index (χ0n) is 21.2. The minimum absolute atomic E-state index is 0.157. The summed E-state index contributed by atoms with van der Waals surface area (Å²) in [6.45, 7) is 1.29. The molecular weight excluding hydrogens is 573 g/mol. The lowest BCUT2D eigenvalue weighted by atomic mass is 10.0. The fraction of sp³-hybridized carbons (Fsp3) is 0.167. The van der Waals surface area contributed by atoms with Crippen LogP contribution in [-0.2, 0) is 25.5 Å². The van der Waals surface area contributed by atoms with E-state index in [1.165, 1.54) is 35.0 Å². The van der Waals surface area contributed by atoms with Crippen molar-refractivity contribution in [3.63, 3.8) is 0 Å². The molecule has 4 aromatic carbocycles. The van der Waals surface area contributed by atoms with Crippen molar-refractivity contribution >= 4 is 22.5 Å². The summed E-state index contributed by atoms with van der Waals surface area (Å²) in [7, 11) is 0. The molecule has 0 aliphatic heterocycles. The number of halogens is 8. The van der Waals surface area contributed by atoms with Gasteiger partial charge in [-0.25, -0.2) is 4.39 Å². The Morgan fingerprint density at radius 1 is 0.829 bits per heavy atom. The number of benzene rings is 4. The Balaban J connectivity index is 1.56. The van der Waals surface area contributed by atoms with Crippen molar-refractivity contribution in [1.82, 2.24) is 9.78 Å². The van der Waals surface area contributed by atoms with Crippen LogP contribution in [0.2, 0.25) is 5.02 Å². The van der Waals surface area contributed by atoms with E-state index in [9.17, 15) is 30.7 Å². The van der Waals surface area contributed by atoms with E-state index in [1.807, 2.05) is 0 Å². The van der Waals surface area contributed by atoms with Crippen molar-refractivity contribution in [3.05, 3.63) is 118 Å². The molecule has 1 aromatic heterocycles. The predicted octanol–water partition coefficient (Wildman–Crippen LogP) is 9.47. The van der Waals surface area contributed by atoms with Crippen molar-refractivity contribution in [2.75, 3.05) is 0 Å². The maximum Gasteiger partial charge on any atom is 0.418 e.